The number of amides is 2. The fourth-order valence-corrected chi connectivity index (χ4v) is 2.39. The zero-order valence-electron chi connectivity index (χ0n) is 12.7. The maximum absolute atomic E-state index is 11.8. The Morgan fingerprint density at radius 1 is 1.09 bits per heavy atom. The molecule has 2 aromatic rings. The molecular formula is C18H17NO4. The van der Waals surface area contributed by atoms with E-state index in [0.717, 1.165) is 5.56 Å². The fraction of sp³-hybridized carbons (Fsp3) is 0.222. The van der Waals surface area contributed by atoms with Gasteiger partial charge in [0.1, 0.15) is 18.3 Å². The van der Waals surface area contributed by atoms with Gasteiger partial charge in [-0.2, -0.15) is 0 Å². The summed E-state index contributed by atoms with van der Waals surface area (Å²) in [7, 11) is 0. The standard InChI is InChI=1S/C18H17NO4/c1-18(15(23-18)13-8-4-2-5-9-13)12-22-17(21)19-16(20)14-10-6-3-7-11-14/h2-11,15H,12H2,1H3,(H,19,20,21)/t15-,18+/m0/s1. The van der Waals surface area contributed by atoms with Crippen molar-refractivity contribution in [3.8, 4) is 0 Å². The molecule has 1 saturated heterocycles. The SMILES string of the molecule is C[C@]1(COC(=O)NC(=O)c2ccccc2)O[C@H]1c1ccccc1. The third kappa shape index (κ3) is 3.57. The van der Waals surface area contributed by atoms with E-state index in [1.165, 1.54) is 0 Å². The summed E-state index contributed by atoms with van der Waals surface area (Å²) in [5.74, 6) is -0.489. The van der Waals surface area contributed by atoms with Gasteiger partial charge in [-0.1, -0.05) is 48.5 Å². The lowest BCUT2D eigenvalue weighted by Gasteiger charge is -2.09. The summed E-state index contributed by atoms with van der Waals surface area (Å²) in [6, 6.07) is 18.2. The highest BCUT2D eigenvalue weighted by Crippen LogP contribution is 2.49. The van der Waals surface area contributed by atoms with Gasteiger partial charge in [0, 0.05) is 5.56 Å². The molecule has 2 amide bonds. The Morgan fingerprint density at radius 2 is 1.70 bits per heavy atom. The van der Waals surface area contributed by atoms with E-state index < -0.39 is 17.6 Å². The molecule has 5 nitrogen and oxygen atoms in total. The highest BCUT2D eigenvalue weighted by atomic mass is 16.6. The maximum Gasteiger partial charge on any atom is 0.414 e. The first-order valence-electron chi connectivity index (χ1n) is 7.34. The number of hydrogen-bond donors (Lipinski definition) is 1. The normalized spacial score (nSPS) is 22.2. The van der Waals surface area contributed by atoms with Gasteiger partial charge in [-0.3, -0.25) is 10.1 Å². The molecule has 5 heteroatoms. The number of carbonyl (C=O) groups excluding carboxylic acids is 2. The zero-order valence-corrected chi connectivity index (χ0v) is 12.7. The van der Waals surface area contributed by atoms with Crippen molar-refractivity contribution in [2.75, 3.05) is 6.61 Å². The molecule has 0 bridgehead atoms. The number of imide groups is 1. The summed E-state index contributed by atoms with van der Waals surface area (Å²) in [6.45, 7) is 1.96. The second-order valence-corrected chi connectivity index (χ2v) is 5.62. The van der Waals surface area contributed by atoms with Gasteiger partial charge in [0.15, 0.2) is 0 Å². The van der Waals surface area contributed by atoms with Crippen LogP contribution in [0.2, 0.25) is 0 Å². The highest BCUT2D eigenvalue weighted by Gasteiger charge is 2.54. The largest absolute Gasteiger partial charge is 0.446 e. The van der Waals surface area contributed by atoms with E-state index >= 15 is 0 Å². The van der Waals surface area contributed by atoms with Crippen molar-refractivity contribution in [3.63, 3.8) is 0 Å². The van der Waals surface area contributed by atoms with Crippen LogP contribution in [-0.2, 0) is 9.47 Å². The van der Waals surface area contributed by atoms with E-state index in [1.54, 1.807) is 30.3 Å². The van der Waals surface area contributed by atoms with E-state index in [0.29, 0.717) is 5.56 Å². The molecule has 23 heavy (non-hydrogen) atoms. The molecular weight excluding hydrogens is 294 g/mol. The van der Waals surface area contributed by atoms with Crippen molar-refractivity contribution in [2.24, 2.45) is 0 Å². The van der Waals surface area contributed by atoms with E-state index in [1.807, 2.05) is 37.3 Å². The Morgan fingerprint density at radius 3 is 2.35 bits per heavy atom. The van der Waals surface area contributed by atoms with Crippen molar-refractivity contribution >= 4 is 12.0 Å². The van der Waals surface area contributed by atoms with Crippen LogP contribution in [0.1, 0.15) is 28.9 Å². The zero-order chi connectivity index (χ0) is 16.3. The van der Waals surface area contributed by atoms with Crippen LogP contribution >= 0.6 is 0 Å². The third-order valence-corrected chi connectivity index (χ3v) is 3.73. The van der Waals surface area contributed by atoms with Gasteiger partial charge in [-0.25, -0.2) is 4.79 Å². The molecule has 2 atom stereocenters. The Kier molecular flexibility index (Phi) is 4.12. The lowest BCUT2D eigenvalue weighted by Crippen LogP contribution is -2.33. The molecule has 3 rings (SSSR count). The lowest BCUT2D eigenvalue weighted by atomic mass is 10.0. The average molecular weight is 311 g/mol. The van der Waals surface area contributed by atoms with Crippen molar-refractivity contribution in [1.29, 1.82) is 0 Å². The van der Waals surface area contributed by atoms with Gasteiger partial charge >= 0.3 is 6.09 Å². The molecule has 0 saturated carbocycles. The molecule has 1 aliphatic rings. The number of carbonyl (C=O) groups is 2. The third-order valence-electron chi connectivity index (χ3n) is 3.73. The Labute approximate surface area is 134 Å². The van der Waals surface area contributed by atoms with Gasteiger partial charge < -0.3 is 9.47 Å². The first-order valence-corrected chi connectivity index (χ1v) is 7.34. The summed E-state index contributed by atoms with van der Waals surface area (Å²) in [5, 5.41) is 2.20. The summed E-state index contributed by atoms with van der Waals surface area (Å²) in [6.07, 6.45) is -0.872. The van der Waals surface area contributed by atoms with Crippen LogP contribution < -0.4 is 5.32 Å². The Bertz CT molecular complexity index is 701. The van der Waals surface area contributed by atoms with Crippen LogP contribution in [0.25, 0.3) is 0 Å². The van der Waals surface area contributed by atoms with E-state index in [-0.39, 0.29) is 12.7 Å². The molecule has 0 radical (unpaired) electrons. The second kappa shape index (κ2) is 6.22. The molecule has 118 valence electrons. The summed E-state index contributed by atoms with van der Waals surface area (Å²) < 4.78 is 10.8. The smallest absolute Gasteiger partial charge is 0.414 e. The predicted molar refractivity (Wildman–Crippen MR) is 83.9 cm³/mol. The van der Waals surface area contributed by atoms with Crippen molar-refractivity contribution in [3.05, 3.63) is 71.8 Å². The molecule has 2 aromatic carbocycles. The predicted octanol–water partition coefficient (Wildman–Crippen LogP) is 3.08. The van der Waals surface area contributed by atoms with Crippen molar-refractivity contribution in [2.45, 2.75) is 18.6 Å². The van der Waals surface area contributed by atoms with Crippen molar-refractivity contribution in [1.82, 2.24) is 5.32 Å². The fourth-order valence-electron chi connectivity index (χ4n) is 2.39. The topological polar surface area (TPSA) is 67.9 Å². The second-order valence-electron chi connectivity index (χ2n) is 5.62. The molecule has 1 aliphatic heterocycles. The molecule has 0 spiro atoms. The number of epoxide rings is 1. The minimum atomic E-state index is -0.776. The Hall–Kier alpha value is -2.66. The Balaban J connectivity index is 1.49. The molecule has 1 heterocycles. The van der Waals surface area contributed by atoms with Crippen molar-refractivity contribution < 1.29 is 19.1 Å². The van der Waals surface area contributed by atoms with Crippen LogP contribution in [0.15, 0.2) is 60.7 Å². The van der Waals surface area contributed by atoms with Crippen LogP contribution in [0, 0.1) is 0 Å². The average Bonchev–Trinajstić information content (AvgIpc) is 3.27. The number of benzene rings is 2. The number of ether oxygens (including phenoxy) is 2. The molecule has 0 unspecified atom stereocenters. The van der Waals surface area contributed by atoms with Crippen LogP contribution in [0.3, 0.4) is 0 Å². The first kappa shape index (κ1) is 15.2. The van der Waals surface area contributed by atoms with Gasteiger partial charge in [0.25, 0.3) is 5.91 Å². The number of hydrogen-bond acceptors (Lipinski definition) is 4. The highest BCUT2D eigenvalue weighted by molar-refractivity contribution is 6.02. The van der Waals surface area contributed by atoms with Crippen LogP contribution in [0.4, 0.5) is 4.79 Å². The summed E-state index contributed by atoms with van der Waals surface area (Å²) >= 11 is 0. The van der Waals surface area contributed by atoms with E-state index in [2.05, 4.69) is 5.32 Å². The maximum atomic E-state index is 11.8. The first-order chi connectivity index (χ1) is 11.1. The summed E-state index contributed by atoms with van der Waals surface area (Å²) in [4.78, 5) is 23.6. The number of nitrogens with one attached hydrogen (secondary N) is 1. The monoisotopic (exact) mass is 311 g/mol. The summed E-state index contributed by atoms with van der Waals surface area (Å²) in [5.41, 5.74) is 0.897. The van der Waals surface area contributed by atoms with Gasteiger partial charge in [0.05, 0.1) is 0 Å². The van der Waals surface area contributed by atoms with Gasteiger partial charge in [-0.05, 0) is 24.6 Å². The number of rotatable bonds is 4. The number of alkyl carbamates (subject to hydrolysis) is 1. The van der Waals surface area contributed by atoms with E-state index in [4.69, 9.17) is 9.47 Å². The van der Waals surface area contributed by atoms with E-state index in [9.17, 15) is 9.59 Å². The van der Waals surface area contributed by atoms with Gasteiger partial charge in [0.2, 0.25) is 0 Å². The molecule has 1 fully saturated rings. The van der Waals surface area contributed by atoms with Gasteiger partial charge in [-0.15, -0.1) is 0 Å². The molecule has 0 aromatic heterocycles. The quantitative estimate of drug-likeness (QED) is 0.881. The van der Waals surface area contributed by atoms with Crippen LogP contribution in [0.5, 0.6) is 0 Å². The molecule has 0 aliphatic carbocycles. The molecule has 1 N–H and O–H groups in total. The van der Waals surface area contributed by atoms with Crippen LogP contribution in [-0.4, -0.2) is 24.2 Å². The minimum absolute atomic E-state index is 0.0838. The lowest BCUT2D eigenvalue weighted by molar-refractivity contribution is 0.0880. The minimum Gasteiger partial charge on any atom is -0.446 e.